The Morgan fingerprint density at radius 3 is 3.12 bits per heavy atom. The normalized spacial score (nSPS) is 19.2. The van der Waals surface area contributed by atoms with Crippen molar-refractivity contribution in [2.24, 2.45) is 0 Å². The molecule has 3 nitrogen and oxygen atoms in total. The monoisotopic (exact) mass is 236 g/mol. The van der Waals surface area contributed by atoms with Gasteiger partial charge in [0.1, 0.15) is 5.82 Å². The molecule has 1 aliphatic rings. The molecule has 1 atom stereocenters. The zero-order chi connectivity index (χ0) is 12.1. The van der Waals surface area contributed by atoms with Crippen LogP contribution in [0.4, 0.5) is 4.39 Å². The maximum absolute atomic E-state index is 12.9. The Morgan fingerprint density at radius 1 is 1.53 bits per heavy atom. The lowest BCUT2D eigenvalue weighted by atomic mass is 10.1. The third-order valence-electron chi connectivity index (χ3n) is 3.03. The Labute approximate surface area is 100 Å². The molecular weight excluding hydrogens is 219 g/mol. The summed E-state index contributed by atoms with van der Waals surface area (Å²) in [6.45, 7) is 1.70. The van der Waals surface area contributed by atoms with E-state index in [1.165, 1.54) is 25.0 Å². The first kappa shape index (κ1) is 12.0. The van der Waals surface area contributed by atoms with E-state index < -0.39 is 0 Å². The van der Waals surface area contributed by atoms with Crippen LogP contribution in [-0.4, -0.2) is 25.0 Å². The summed E-state index contributed by atoms with van der Waals surface area (Å²) in [4.78, 5) is 11.7. The second-order valence-corrected chi connectivity index (χ2v) is 4.35. The number of halogens is 1. The highest BCUT2D eigenvalue weighted by Gasteiger charge is 2.14. The van der Waals surface area contributed by atoms with Crippen LogP contribution in [0.1, 0.15) is 29.6 Å². The number of hydrogen-bond acceptors (Lipinski definition) is 2. The number of hydrogen-bond donors (Lipinski definition) is 2. The minimum atomic E-state index is -0.380. The summed E-state index contributed by atoms with van der Waals surface area (Å²) in [6, 6.07) is 6.26. The fraction of sp³-hybridized carbons (Fsp3) is 0.462. The molecule has 0 spiro atoms. The van der Waals surface area contributed by atoms with E-state index in [0.29, 0.717) is 18.2 Å². The van der Waals surface area contributed by atoms with Gasteiger partial charge in [-0.1, -0.05) is 6.07 Å². The minimum Gasteiger partial charge on any atom is -0.352 e. The van der Waals surface area contributed by atoms with Crippen LogP contribution < -0.4 is 10.6 Å². The fourth-order valence-corrected chi connectivity index (χ4v) is 2.09. The molecule has 0 aromatic heterocycles. The van der Waals surface area contributed by atoms with Gasteiger partial charge in [-0.3, -0.25) is 4.79 Å². The van der Waals surface area contributed by atoms with E-state index in [1.807, 2.05) is 0 Å². The second kappa shape index (κ2) is 5.77. The number of amides is 1. The van der Waals surface area contributed by atoms with Crippen molar-refractivity contribution >= 4 is 5.91 Å². The highest BCUT2D eigenvalue weighted by Crippen LogP contribution is 2.08. The number of carbonyl (C=O) groups is 1. The molecular formula is C13H17FN2O. The van der Waals surface area contributed by atoms with Gasteiger partial charge in [-0.2, -0.15) is 0 Å². The first-order chi connectivity index (χ1) is 8.25. The third-order valence-corrected chi connectivity index (χ3v) is 3.03. The van der Waals surface area contributed by atoms with E-state index in [0.717, 1.165) is 13.0 Å². The van der Waals surface area contributed by atoms with Gasteiger partial charge >= 0.3 is 0 Å². The molecule has 4 heteroatoms. The second-order valence-electron chi connectivity index (χ2n) is 4.35. The lowest BCUT2D eigenvalue weighted by Crippen LogP contribution is -2.30. The van der Waals surface area contributed by atoms with Crippen LogP contribution in [0.3, 0.4) is 0 Å². The van der Waals surface area contributed by atoms with Crippen molar-refractivity contribution in [3.63, 3.8) is 0 Å². The highest BCUT2D eigenvalue weighted by atomic mass is 19.1. The molecule has 92 valence electrons. The van der Waals surface area contributed by atoms with Gasteiger partial charge in [-0.05, 0) is 44.0 Å². The summed E-state index contributed by atoms with van der Waals surface area (Å²) in [7, 11) is 0. The van der Waals surface area contributed by atoms with Crippen molar-refractivity contribution in [3.05, 3.63) is 35.6 Å². The average molecular weight is 236 g/mol. The van der Waals surface area contributed by atoms with Crippen LogP contribution in [0.2, 0.25) is 0 Å². The van der Waals surface area contributed by atoms with Crippen LogP contribution in [0.25, 0.3) is 0 Å². The van der Waals surface area contributed by atoms with E-state index >= 15 is 0 Å². The standard InChI is InChI=1S/C13H17FN2O/c14-11-4-1-3-10(9-11)13(17)16-8-6-12-5-2-7-15-12/h1,3-4,9,12,15H,2,5-8H2,(H,16,17)/t12-/m0/s1. The summed E-state index contributed by atoms with van der Waals surface area (Å²) in [6.07, 6.45) is 3.32. The minimum absolute atomic E-state index is 0.206. The van der Waals surface area contributed by atoms with E-state index in [-0.39, 0.29) is 11.7 Å². The van der Waals surface area contributed by atoms with Gasteiger partial charge in [0.15, 0.2) is 0 Å². The SMILES string of the molecule is O=C(NCC[C@@H]1CCCN1)c1cccc(F)c1. The molecule has 1 heterocycles. The number of nitrogens with one attached hydrogen (secondary N) is 2. The fourth-order valence-electron chi connectivity index (χ4n) is 2.09. The largest absolute Gasteiger partial charge is 0.352 e. The van der Waals surface area contributed by atoms with Gasteiger partial charge in [0.25, 0.3) is 5.91 Å². The Morgan fingerprint density at radius 2 is 2.41 bits per heavy atom. The smallest absolute Gasteiger partial charge is 0.251 e. The first-order valence-corrected chi connectivity index (χ1v) is 6.03. The molecule has 2 N–H and O–H groups in total. The van der Waals surface area contributed by atoms with Crippen LogP contribution in [-0.2, 0) is 0 Å². The van der Waals surface area contributed by atoms with E-state index in [1.54, 1.807) is 12.1 Å². The molecule has 1 fully saturated rings. The lowest BCUT2D eigenvalue weighted by Gasteiger charge is -2.10. The van der Waals surface area contributed by atoms with Gasteiger partial charge in [0.2, 0.25) is 0 Å². The molecule has 1 amide bonds. The zero-order valence-electron chi connectivity index (χ0n) is 9.71. The average Bonchev–Trinajstić information content (AvgIpc) is 2.82. The third kappa shape index (κ3) is 3.53. The van der Waals surface area contributed by atoms with E-state index in [4.69, 9.17) is 0 Å². The predicted octanol–water partition coefficient (Wildman–Crippen LogP) is 1.70. The quantitative estimate of drug-likeness (QED) is 0.835. The molecule has 0 bridgehead atoms. The van der Waals surface area contributed by atoms with Gasteiger partial charge in [0.05, 0.1) is 0 Å². The molecule has 2 rings (SSSR count). The van der Waals surface area contributed by atoms with Gasteiger partial charge in [-0.25, -0.2) is 4.39 Å². The number of rotatable bonds is 4. The predicted molar refractivity (Wildman–Crippen MR) is 64.4 cm³/mol. The topological polar surface area (TPSA) is 41.1 Å². The summed E-state index contributed by atoms with van der Waals surface area (Å²) < 4.78 is 12.9. The van der Waals surface area contributed by atoms with Crippen molar-refractivity contribution < 1.29 is 9.18 Å². The molecule has 0 radical (unpaired) electrons. The van der Waals surface area contributed by atoms with Gasteiger partial charge in [-0.15, -0.1) is 0 Å². The van der Waals surface area contributed by atoms with Gasteiger partial charge in [0, 0.05) is 18.2 Å². The highest BCUT2D eigenvalue weighted by molar-refractivity contribution is 5.94. The van der Waals surface area contributed by atoms with Crippen molar-refractivity contribution in [2.45, 2.75) is 25.3 Å². The number of carbonyl (C=O) groups excluding carboxylic acids is 1. The molecule has 1 aliphatic heterocycles. The molecule has 0 unspecified atom stereocenters. The Bertz CT molecular complexity index is 389. The Hall–Kier alpha value is -1.42. The zero-order valence-corrected chi connectivity index (χ0v) is 9.71. The van der Waals surface area contributed by atoms with E-state index in [2.05, 4.69) is 10.6 Å². The molecule has 1 saturated heterocycles. The van der Waals surface area contributed by atoms with Crippen molar-refractivity contribution in [3.8, 4) is 0 Å². The van der Waals surface area contributed by atoms with Crippen LogP contribution in [0.5, 0.6) is 0 Å². The van der Waals surface area contributed by atoms with Crippen LogP contribution >= 0.6 is 0 Å². The van der Waals surface area contributed by atoms with Crippen molar-refractivity contribution in [1.29, 1.82) is 0 Å². The van der Waals surface area contributed by atoms with Crippen LogP contribution in [0.15, 0.2) is 24.3 Å². The molecule has 1 aromatic rings. The summed E-state index contributed by atoms with van der Waals surface area (Å²) in [5.74, 6) is -0.586. The van der Waals surface area contributed by atoms with Crippen molar-refractivity contribution in [1.82, 2.24) is 10.6 Å². The molecule has 0 saturated carbocycles. The summed E-state index contributed by atoms with van der Waals surface area (Å²) >= 11 is 0. The summed E-state index contributed by atoms with van der Waals surface area (Å²) in [5.41, 5.74) is 0.379. The Balaban J connectivity index is 1.77. The van der Waals surface area contributed by atoms with Gasteiger partial charge < -0.3 is 10.6 Å². The molecule has 1 aromatic carbocycles. The van der Waals surface area contributed by atoms with Crippen LogP contribution in [0, 0.1) is 5.82 Å². The van der Waals surface area contributed by atoms with Crippen molar-refractivity contribution in [2.75, 3.05) is 13.1 Å². The van der Waals surface area contributed by atoms with E-state index in [9.17, 15) is 9.18 Å². The lowest BCUT2D eigenvalue weighted by molar-refractivity contribution is 0.0952. The Kier molecular flexibility index (Phi) is 4.09. The summed E-state index contributed by atoms with van der Waals surface area (Å²) in [5, 5.41) is 6.18. The maximum Gasteiger partial charge on any atom is 0.251 e. The first-order valence-electron chi connectivity index (χ1n) is 6.03. The molecule has 0 aliphatic carbocycles. The maximum atomic E-state index is 12.9. The molecule has 17 heavy (non-hydrogen) atoms. The number of benzene rings is 1.